The third-order valence-corrected chi connectivity index (χ3v) is 6.62. The van der Waals surface area contributed by atoms with E-state index in [1.807, 2.05) is 0 Å². The van der Waals surface area contributed by atoms with Crippen LogP contribution in [0, 0.1) is 13.8 Å². The molecule has 0 N–H and O–H groups in total. The molecule has 2 aromatic carbocycles. The number of carbonyl (C=O) groups excluding carboxylic acids is 1. The van der Waals surface area contributed by atoms with Gasteiger partial charge in [0.1, 0.15) is 0 Å². The molecule has 0 saturated carbocycles. The van der Waals surface area contributed by atoms with Crippen LogP contribution in [-0.4, -0.2) is 79.5 Å². The number of benzene rings is 2. The monoisotopic (exact) mass is 406 g/mol. The Balaban J connectivity index is 1.21. The van der Waals surface area contributed by atoms with Gasteiger partial charge in [0.05, 0.1) is 6.54 Å². The van der Waals surface area contributed by atoms with E-state index in [0.717, 1.165) is 58.9 Å². The molecular formula is C25H34N4O. The number of piperazine rings is 2. The quantitative estimate of drug-likeness (QED) is 0.764. The summed E-state index contributed by atoms with van der Waals surface area (Å²) in [6.07, 6.45) is 0. The number of aryl methyl sites for hydroxylation is 1. The number of hydrogen-bond acceptors (Lipinski definition) is 4. The smallest absolute Gasteiger partial charge is 0.236 e. The van der Waals surface area contributed by atoms with E-state index >= 15 is 0 Å². The summed E-state index contributed by atoms with van der Waals surface area (Å²) in [5.41, 5.74) is 5.36. The van der Waals surface area contributed by atoms with Crippen molar-refractivity contribution in [2.75, 3.05) is 63.8 Å². The number of anilines is 1. The Morgan fingerprint density at radius 2 is 1.43 bits per heavy atom. The molecule has 0 atom stereocenters. The fourth-order valence-corrected chi connectivity index (χ4v) is 4.51. The molecule has 1 amide bonds. The van der Waals surface area contributed by atoms with Crippen molar-refractivity contribution < 1.29 is 4.79 Å². The normalized spacial score (nSPS) is 18.6. The average molecular weight is 407 g/mol. The van der Waals surface area contributed by atoms with E-state index in [0.29, 0.717) is 6.54 Å². The van der Waals surface area contributed by atoms with Crippen LogP contribution in [-0.2, 0) is 11.3 Å². The fourth-order valence-electron chi connectivity index (χ4n) is 4.51. The first-order valence-electron chi connectivity index (χ1n) is 11.2. The number of hydrogen-bond donors (Lipinski definition) is 0. The van der Waals surface area contributed by atoms with Gasteiger partial charge in [-0.1, -0.05) is 42.5 Å². The van der Waals surface area contributed by atoms with Crippen molar-refractivity contribution in [2.45, 2.75) is 20.4 Å². The second-order valence-corrected chi connectivity index (χ2v) is 8.62. The number of amides is 1. The van der Waals surface area contributed by atoms with Crippen LogP contribution >= 0.6 is 0 Å². The van der Waals surface area contributed by atoms with Gasteiger partial charge in [-0.05, 0) is 36.6 Å². The summed E-state index contributed by atoms with van der Waals surface area (Å²) < 4.78 is 0. The third kappa shape index (κ3) is 5.02. The molecule has 2 heterocycles. The molecule has 2 aromatic rings. The van der Waals surface area contributed by atoms with Crippen LogP contribution in [0.3, 0.4) is 0 Å². The first-order chi connectivity index (χ1) is 14.6. The summed E-state index contributed by atoms with van der Waals surface area (Å²) >= 11 is 0. The van der Waals surface area contributed by atoms with Gasteiger partial charge in [-0.15, -0.1) is 0 Å². The first kappa shape index (κ1) is 20.9. The molecule has 0 bridgehead atoms. The highest BCUT2D eigenvalue weighted by Gasteiger charge is 2.25. The van der Waals surface area contributed by atoms with Gasteiger partial charge in [-0.2, -0.15) is 0 Å². The summed E-state index contributed by atoms with van der Waals surface area (Å²) in [6, 6.07) is 17.1. The Morgan fingerprint density at radius 3 is 2.13 bits per heavy atom. The molecule has 5 heteroatoms. The minimum Gasteiger partial charge on any atom is -0.368 e. The molecule has 160 valence electrons. The van der Waals surface area contributed by atoms with E-state index in [2.05, 4.69) is 82.0 Å². The lowest BCUT2D eigenvalue weighted by atomic mass is 10.1. The van der Waals surface area contributed by atoms with Crippen LogP contribution in [0.25, 0.3) is 0 Å². The van der Waals surface area contributed by atoms with Gasteiger partial charge in [-0.3, -0.25) is 14.6 Å². The van der Waals surface area contributed by atoms with Crippen LogP contribution in [0.2, 0.25) is 0 Å². The number of nitrogens with zero attached hydrogens (tertiary/aromatic N) is 4. The van der Waals surface area contributed by atoms with E-state index in [1.165, 1.54) is 22.4 Å². The van der Waals surface area contributed by atoms with E-state index in [9.17, 15) is 4.79 Å². The van der Waals surface area contributed by atoms with Crippen molar-refractivity contribution in [1.29, 1.82) is 0 Å². The third-order valence-electron chi connectivity index (χ3n) is 6.62. The van der Waals surface area contributed by atoms with Crippen LogP contribution in [0.15, 0.2) is 48.5 Å². The van der Waals surface area contributed by atoms with Gasteiger partial charge in [0.15, 0.2) is 0 Å². The van der Waals surface area contributed by atoms with Crippen molar-refractivity contribution in [3.05, 3.63) is 65.2 Å². The molecule has 0 spiro atoms. The predicted molar refractivity (Wildman–Crippen MR) is 123 cm³/mol. The Hall–Kier alpha value is -2.37. The molecule has 0 radical (unpaired) electrons. The SMILES string of the molecule is Cc1cccc(N2CCN(C(=O)CN3CCN(Cc4ccccc4)CC3)CC2)c1C. The zero-order valence-electron chi connectivity index (χ0n) is 18.4. The van der Waals surface area contributed by atoms with Crippen molar-refractivity contribution in [2.24, 2.45) is 0 Å². The van der Waals surface area contributed by atoms with E-state index in [-0.39, 0.29) is 5.91 Å². The summed E-state index contributed by atoms with van der Waals surface area (Å²) in [7, 11) is 0. The molecule has 0 unspecified atom stereocenters. The molecule has 4 rings (SSSR count). The van der Waals surface area contributed by atoms with E-state index in [1.54, 1.807) is 0 Å². The minimum absolute atomic E-state index is 0.284. The second kappa shape index (κ2) is 9.63. The van der Waals surface area contributed by atoms with Crippen molar-refractivity contribution >= 4 is 11.6 Å². The molecule has 0 aliphatic carbocycles. The largest absolute Gasteiger partial charge is 0.368 e. The molecule has 2 aliphatic heterocycles. The lowest BCUT2D eigenvalue weighted by Gasteiger charge is -2.39. The Morgan fingerprint density at radius 1 is 0.767 bits per heavy atom. The van der Waals surface area contributed by atoms with E-state index < -0.39 is 0 Å². The average Bonchev–Trinajstić information content (AvgIpc) is 2.78. The van der Waals surface area contributed by atoms with Gasteiger partial charge in [-0.25, -0.2) is 0 Å². The van der Waals surface area contributed by atoms with Crippen molar-refractivity contribution in [1.82, 2.24) is 14.7 Å². The zero-order chi connectivity index (χ0) is 20.9. The van der Waals surface area contributed by atoms with Crippen LogP contribution in [0.4, 0.5) is 5.69 Å². The number of rotatable bonds is 5. The van der Waals surface area contributed by atoms with Gasteiger partial charge >= 0.3 is 0 Å². The maximum Gasteiger partial charge on any atom is 0.236 e. The summed E-state index contributed by atoms with van der Waals surface area (Å²) in [5, 5.41) is 0. The lowest BCUT2D eigenvalue weighted by Crippen LogP contribution is -2.53. The lowest BCUT2D eigenvalue weighted by molar-refractivity contribution is -0.133. The van der Waals surface area contributed by atoms with Crippen LogP contribution in [0.5, 0.6) is 0 Å². The van der Waals surface area contributed by atoms with Crippen molar-refractivity contribution in [3.8, 4) is 0 Å². The molecule has 2 aliphatic rings. The van der Waals surface area contributed by atoms with E-state index in [4.69, 9.17) is 0 Å². The topological polar surface area (TPSA) is 30.0 Å². The maximum absolute atomic E-state index is 12.9. The maximum atomic E-state index is 12.9. The van der Waals surface area contributed by atoms with Gasteiger partial charge < -0.3 is 9.80 Å². The molecular weight excluding hydrogens is 372 g/mol. The summed E-state index contributed by atoms with van der Waals surface area (Å²) in [6.45, 7) is 13.4. The van der Waals surface area contributed by atoms with Gasteiger partial charge in [0, 0.05) is 64.6 Å². The molecule has 2 fully saturated rings. The Labute approximate surface area is 180 Å². The highest BCUT2D eigenvalue weighted by atomic mass is 16.2. The fraction of sp³-hybridized carbons (Fsp3) is 0.480. The van der Waals surface area contributed by atoms with Crippen LogP contribution in [0.1, 0.15) is 16.7 Å². The number of carbonyl (C=O) groups is 1. The molecule has 0 aromatic heterocycles. The highest BCUT2D eigenvalue weighted by Crippen LogP contribution is 2.24. The van der Waals surface area contributed by atoms with Crippen LogP contribution < -0.4 is 4.90 Å². The second-order valence-electron chi connectivity index (χ2n) is 8.62. The van der Waals surface area contributed by atoms with Gasteiger partial charge in [0.25, 0.3) is 0 Å². The Bertz CT molecular complexity index is 837. The molecule has 30 heavy (non-hydrogen) atoms. The standard InChI is InChI=1S/C25H34N4O/c1-21-7-6-10-24(22(21)2)28-15-17-29(18-16-28)25(30)20-27-13-11-26(12-14-27)19-23-8-4-3-5-9-23/h3-10H,11-20H2,1-2H3. The first-order valence-corrected chi connectivity index (χ1v) is 11.2. The predicted octanol–water partition coefficient (Wildman–Crippen LogP) is 2.77. The summed E-state index contributed by atoms with van der Waals surface area (Å²) in [5.74, 6) is 0.284. The molecule has 5 nitrogen and oxygen atoms in total. The minimum atomic E-state index is 0.284. The summed E-state index contributed by atoms with van der Waals surface area (Å²) in [4.78, 5) is 22.1. The van der Waals surface area contributed by atoms with Crippen molar-refractivity contribution in [3.63, 3.8) is 0 Å². The molecule has 2 saturated heterocycles. The highest BCUT2D eigenvalue weighted by molar-refractivity contribution is 5.78. The Kier molecular flexibility index (Phi) is 6.70. The van der Waals surface area contributed by atoms with Gasteiger partial charge in [0.2, 0.25) is 5.91 Å². The zero-order valence-corrected chi connectivity index (χ0v) is 18.4.